The maximum absolute atomic E-state index is 13.3. The maximum atomic E-state index is 13.3. The van der Waals surface area contributed by atoms with E-state index in [0.717, 1.165) is 11.1 Å². The van der Waals surface area contributed by atoms with Gasteiger partial charge in [0.1, 0.15) is 29.9 Å². The van der Waals surface area contributed by atoms with Crippen molar-refractivity contribution in [3.8, 4) is 11.5 Å². The minimum absolute atomic E-state index is 0.0274. The van der Waals surface area contributed by atoms with Crippen LogP contribution in [0.4, 0.5) is 4.79 Å². The molecule has 0 saturated carbocycles. The second kappa shape index (κ2) is 13.7. The van der Waals surface area contributed by atoms with Crippen LogP contribution in [0.5, 0.6) is 11.5 Å². The molecule has 0 heterocycles. The van der Waals surface area contributed by atoms with Crippen LogP contribution in [0.15, 0.2) is 42.5 Å². The smallest absolute Gasteiger partial charge is 0.412 e. The second-order valence-corrected chi connectivity index (χ2v) is 9.21. The lowest BCUT2D eigenvalue weighted by molar-refractivity contribution is -0.151. The lowest BCUT2D eigenvalue weighted by atomic mass is 10.0. The fourth-order valence-electron chi connectivity index (χ4n) is 3.58. The molecule has 1 atom stereocenters. The van der Waals surface area contributed by atoms with E-state index in [1.165, 1.54) is 12.0 Å². The zero-order chi connectivity index (χ0) is 26.7. The Morgan fingerprint density at radius 1 is 1.00 bits per heavy atom. The first-order valence-electron chi connectivity index (χ1n) is 11.7. The average Bonchev–Trinajstić information content (AvgIpc) is 2.81. The lowest BCUT2D eigenvalue weighted by Gasteiger charge is -2.32. The Labute approximate surface area is 212 Å². The molecule has 0 spiro atoms. The molecule has 36 heavy (non-hydrogen) atoms. The lowest BCUT2D eigenvalue weighted by Crippen LogP contribution is -2.49. The minimum Gasteiger partial charge on any atom is -0.508 e. The highest BCUT2D eigenvalue weighted by molar-refractivity contribution is 5.82. The SMILES string of the molecule is COCc1cc(C[C@@H](C(=O)OCCc2ccccc2O)N(COC)C(=O)OC(C)(C)C)ccc1OC. The van der Waals surface area contributed by atoms with E-state index in [1.807, 2.05) is 12.1 Å². The van der Waals surface area contributed by atoms with Gasteiger partial charge in [0.15, 0.2) is 0 Å². The van der Waals surface area contributed by atoms with Crippen molar-refractivity contribution in [3.05, 3.63) is 59.2 Å². The fraction of sp³-hybridized carbons (Fsp3) is 0.481. The molecule has 0 unspecified atom stereocenters. The highest BCUT2D eigenvalue weighted by Crippen LogP contribution is 2.24. The standard InChI is InChI=1S/C27H37NO8/c1-27(2,3)36-26(31)28(18-33-5)22(16-19-11-12-24(34-6)21(15-19)17-32-4)25(30)35-14-13-20-9-7-8-10-23(20)29/h7-12,15,22,29H,13-14,16-18H2,1-6H3/t22-/m0/s1. The van der Waals surface area contributed by atoms with Gasteiger partial charge in [-0.25, -0.2) is 9.59 Å². The number of hydrogen-bond acceptors (Lipinski definition) is 8. The summed E-state index contributed by atoms with van der Waals surface area (Å²) in [7, 11) is 4.59. The number of ether oxygens (including phenoxy) is 5. The van der Waals surface area contributed by atoms with Crippen molar-refractivity contribution in [3.63, 3.8) is 0 Å². The molecule has 0 aromatic heterocycles. The van der Waals surface area contributed by atoms with Gasteiger partial charge in [-0.05, 0) is 50.1 Å². The number of nitrogens with zero attached hydrogens (tertiary/aromatic N) is 1. The molecule has 2 rings (SSSR count). The molecule has 0 aliphatic carbocycles. The van der Waals surface area contributed by atoms with Gasteiger partial charge in [-0.2, -0.15) is 0 Å². The van der Waals surface area contributed by atoms with Gasteiger partial charge in [-0.3, -0.25) is 4.90 Å². The average molecular weight is 504 g/mol. The number of para-hydroxylation sites is 1. The van der Waals surface area contributed by atoms with Gasteiger partial charge in [-0.1, -0.05) is 24.3 Å². The number of aromatic hydroxyl groups is 1. The molecule has 0 aliphatic rings. The third kappa shape index (κ3) is 8.73. The second-order valence-electron chi connectivity index (χ2n) is 9.21. The van der Waals surface area contributed by atoms with E-state index in [-0.39, 0.29) is 25.5 Å². The topological polar surface area (TPSA) is 104 Å². The van der Waals surface area contributed by atoms with Crippen LogP contribution in [0.2, 0.25) is 0 Å². The van der Waals surface area contributed by atoms with Crippen LogP contribution in [0.3, 0.4) is 0 Å². The molecule has 2 aromatic rings. The third-order valence-corrected chi connectivity index (χ3v) is 5.23. The summed E-state index contributed by atoms with van der Waals surface area (Å²) in [5.41, 5.74) is 1.46. The Morgan fingerprint density at radius 3 is 2.33 bits per heavy atom. The summed E-state index contributed by atoms with van der Waals surface area (Å²) < 4.78 is 27.0. The van der Waals surface area contributed by atoms with Gasteiger partial charge >= 0.3 is 12.1 Å². The normalized spacial score (nSPS) is 12.1. The van der Waals surface area contributed by atoms with Crippen molar-refractivity contribution in [2.75, 3.05) is 34.7 Å². The Kier molecular flexibility index (Phi) is 11.0. The summed E-state index contributed by atoms with van der Waals surface area (Å²) >= 11 is 0. The predicted octanol–water partition coefficient (Wildman–Crippen LogP) is 4.09. The van der Waals surface area contributed by atoms with Crippen molar-refractivity contribution in [1.29, 1.82) is 0 Å². The molecular formula is C27H37NO8. The summed E-state index contributed by atoms with van der Waals surface area (Å²) in [5.74, 6) is 0.171. The van der Waals surface area contributed by atoms with E-state index < -0.39 is 23.7 Å². The molecule has 0 aliphatic heterocycles. The molecule has 2 aromatic carbocycles. The number of hydrogen-bond donors (Lipinski definition) is 1. The van der Waals surface area contributed by atoms with E-state index in [1.54, 1.807) is 65.3 Å². The van der Waals surface area contributed by atoms with Crippen molar-refractivity contribution >= 4 is 12.1 Å². The Bertz CT molecular complexity index is 1000. The molecule has 9 heteroatoms. The van der Waals surface area contributed by atoms with Crippen molar-refractivity contribution in [2.24, 2.45) is 0 Å². The zero-order valence-corrected chi connectivity index (χ0v) is 21.9. The number of methoxy groups -OCH3 is 3. The van der Waals surface area contributed by atoms with Gasteiger partial charge in [0, 0.05) is 32.6 Å². The van der Waals surface area contributed by atoms with E-state index >= 15 is 0 Å². The Balaban J connectivity index is 2.31. The molecule has 0 fully saturated rings. The first-order chi connectivity index (χ1) is 17.1. The number of amides is 1. The molecule has 0 saturated heterocycles. The molecule has 198 valence electrons. The van der Waals surface area contributed by atoms with Crippen LogP contribution in [-0.4, -0.2) is 68.4 Å². The molecule has 9 nitrogen and oxygen atoms in total. The Morgan fingerprint density at radius 2 is 1.72 bits per heavy atom. The zero-order valence-electron chi connectivity index (χ0n) is 21.9. The van der Waals surface area contributed by atoms with E-state index in [4.69, 9.17) is 23.7 Å². The maximum Gasteiger partial charge on any atom is 0.412 e. The summed E-state index contributed by atoms with van der Waals surface area (Å²) in [6.07, 6.45) is -0.223. The highest BCUT2D eigenvalue weighted by atomic mass is 16.6. The number of carbonyl (C=O) groups is 2. The molecule has 0 radical (unpaired) electrons. The number of esters is 1. The summed E-state index contributed by atoms with van der Waals surface area (Å²) in [6.45, 7) is 5.41. The largest absolute Gasteiger partial charge is 0.508 e. The van der Waals surface area contributed by atoms with Gasteiger partial charge in [0.2, 0.25) is 0 Å². The summed E-state index contributed by atoms with van der Waals surface area (Å²) in [4.78, 5) is 27.6. The molecule has 0 bridgehead atoms. The minimum atomic E-state index is -1.02. The van der Waals surface area contributed by atoms with Crippen molar-refractivity contribution in [2.45, 2.75) is 51.9 Å². The van der Waals surface area contributed by atoms with Gasteiger partial charge in [0.25, 0.3) is 0 Å². The number of phenolic OH excluding ortho intramolecular Hbond substituents is 1. The van der Waals surface area contributed by atoms with Crippen LogP contribution in [-0.2, 0) is 43.2 Å². The number of rotatable bonds is 12. The molecular weight excluding hydrogens is 466 g/mol. The van der Waals surface area contributed by atoms with E-state index in [0.29, 0.717) is 24.3 Å². The first-order valence-corrected chi connectivity index (χ1v) is 11.7. The first kappa shape index (κ1) is 28.9. The monoisotopic (exact) mass is 503 g/mol. The van der Waals surface area contributed by atoms with Gasteiger partial charge in [0.05, 0.1) is 20.3 Å². The van der Waals surface area contributed by atoms with Gasteiger partial charge in [-0.15, -0.1) is 0 Å². The van der Waals surface area contributed by atoms with Gasteiger partial charge < -0.3 is 28.8 Å². The number of phenols is 1. The van der Waals surface area contributed by atoms with Crippen LogP contribution >= 0.6 is 0 Å². The van der Waals surface area contributed by atoms with E-state index in [9.17, 15) is 14.7 Å². The van der Waals surface area contributed by atoms with Crippen LogP contribution in [0.1, 0.15) is 37.5 Å². The fourth-order valence-corrected chi connectivity index (χ4v) is 3.58. The van der Waals surface area contributed by atoms with Crippen LogP contribution in [0.25, 0.3) is 0 Å². The summed E-state index contributed by atoms with van der Waals surface area (Å²) in [6, 6.07) is 11.3. The predicted molar refractivity (Wildman–Crippen MR) is 134 cm³/mol. The van der Waals surface area contributed by atoms with Crippen molar-refractivity contribution < 1.29 is 38.4 Å². The molecule has 1 amide bonds. The summed E-state index contributed by atoms with van der Waals surface area (Å²) in [5, 5.41) is 9.98. The number of carbonyl (C=O) groups excluding carboxylic acids is 2. The highest BCUT2D eigenvalue weighted by Gasteiger charge is 2.34. The molecule has 1 N–H and O–H groups in total. The van der Waals surface area contributed by atoms with Crippen molar-refractivity contribution in [1.82, 2.24) is 4.90 Å². The van der Waals surface area contributed by atoms with E-state index in [2.05, 4.69) is 0 Å². The van der Waals surface area contributed by atoms with Crippen LogP contribution < -0.4 is 4.74 Å². The quantitative estimate of drug-likeness (QED) is 0.341. The Hall–Kier alpha value is -3.30. The van der Waals surface area contributed by atoms with Crippen LogP contribution in [0, 0.1) is 0 Å². The number of benzene rings is 2. The third-order valence-electron chi connectivity index (χ3n) is 5.23.